The summed E-state index contributed by atoms with van der Waals surface area (Å²) in [4.78, 5) is 27.2. The van der Waals surface area contributed by atoms with Gasteiger partial charge in [0.05, 0.1) is 0 Å². The van der Waals surface area contributed by atoms with E-state index >= 15 is 0 Å². The highest BCUT2D eigenvalue weighted by molar-refractivity contribution is 5.94. The van der Waals surface area contributed by atoms with Gasteiger partial charge in [0.25, 0.3) is 5.91 Å². The fourth-order valence-electron chi connectivity index (χ4n) is 6.14. The molecule has 0 heterocycles. The highest BCUT2D eigenvalue weighted by Crippen LogP contribution is 2.60. The van der Waals surface area contributed by atoms with E-state index in [2.05, 4.69) is 0 Å². The average Bonchev–Trinajstić information content (AvgIpc) is 2.66. The van der Waals surface area contributed by atoms with Crippen molar-refractivity contribution in [1.82, 2.24) is 4.90 Å². The van der Waals surface area contributed by atoms with Crippen molar-refractivity contribution in [3.8, 4) is 5.75 Å². The summed E-state index contributed by atoms with van der Waals surface area (Å²) in [6.45, 7) is 5.53. The first-order valence-corrected chi connectivity index (χ1v) is 10.6. The molecule has 4 aliphatic carbocycles. The zero-order valence-corrected chi connectivity index (χ0v) is 16.6. The largest absolute Gasteiger partial charge is 0.486 e. The van der Waals surface area contributed by atoms with E-state index < -0.39 is 0 Å². The quantitative estimate of drug-likeness (QED) is 0.718. The Kier molecular flexibility index (Phi) is 5.00. The summed E-state index contributed by atoms with van der Waals surface area (Å²) in [6.07, 6.45) is 7.27. The number of carbonyl (C=O) groups is 2. The van der Waals surface area contributed by atoms with E-state index in [0.29, 0.717) is 30.2 Å². The van der Waals surface area contributed by atoms with Crippen LogP contribution in [0.25, 0.3) is 0 Å². The Balaban J connectivity index is 1.36. The normalized spacial score (nSPS) is 31.0. The number of Topliss-reactive ketones (excluding diaryl/α,β-unsaturated/α-hetero) is 1. The van der Waals surface area contributed by atoms with Crippen molar-refractivity contribution < 1.29 is 14.3 Å². The molecule has 5 rings (SSSR count). The molecule has 4 heteroatoms. The third kappa shape index (κ3) is 3.51. The topological polar surface area (TPSA) is 46.6 Å². The predicted octanol–water partition coefficient (Wildman–Crippen LogP) is 4.33. The predicted molar refractivity (Wildman–Crippen MR) is 105 cm³/mol. The number of nitrogens with zero attached hydrogens (tertiary/aromatic N) is 1. The van der Waals surface area contributed by atoms with Crippen LogP contribution in [0.2, 0.25) is 0 Å². The molecule has 0 saturated heterocycles. The van der Waals surface area contributed by atoms with Crippen molar-refractivity contribution in [3.63, 3.8) is 0 Å². The molecule has 0 N–H and O–H groups in total. The van der Waals surface area contributed by atoms with Gasteiger partial charge < -0.3 is 9.64 Å². The molecule has 0 aliphatic heterocycles. The number of hydrogen-bond acceptors (Lipinski definition) is 3. The minimum Gasteiger partial charge on any atom is -0.486 e. The molecule has 1 aromatic rings. The Morgan fingerprint density at radius 1 is 0.963 bits per heavy atom. The molecule has 146 valence electrons. The molecular formula is C23H31NO3. The van der Waals surface area contributed by atoms with E-state index in [0.717, 1.165) is 37.0 Å². The Hall–Kier alpha value is -1.84. The van der Waals surface area contributed by atoms with E-state index in [9.17, 15) is 9.59 Å². The summed E-state index contributed by atoms with van der Waals surface area (Å²) in [7, 11) is 0. The summed E-state index contributed by atoms with van der Waals surface area (Å²) in [5.74, 6) is 3.31. The molecule has 0 radical (unpaired) electrons. The van der Waals surface area contributed by atoms with Gasteiger partial charge in [-0.15, -0.1) is 0 Å². The summed E-state index contributed by atoms with van der Waals surface area (Å²) in [6, 6.07) is 7.21. The SMILES string of the molecule is CCN(CC)C(=O)c1ccc(OCC(=O)C23CC4CC(CC(C4)C2)C3)cc1. The van der Waals surface area contributed by atoms with E-state index in [1.807, 2.05) is 26.0 Å². The maximum Gasteiger partial charge on any atom is 0.253 e. The van der Waals surface area contributed by atoms with Crippen LogP contribution in [0, 0.1) is 23.2 Å². The molecule has 4 bridgehead atoms. The second-order valence-corrected chi connectivity index (χ2v) is 8.91. The second-order valence-electron chi connectivity index (χ2n) is 8.91. The van der Waals surface area contributed by atoms with Gasteiger partial charge in [0.1, 0.15) is 12.4 Å². The van der Waals surface area contributed by atoms with E-state index in [4.69, 9.17) is 4.74 Å². The zero-order valence-electron chi connectivity index (χ0n) is 16.6. The monoisotopic (exact) mass is 369 g/mol. The van der Waals surface area contributed by atoms with Gasteiger partial charge in [0.15, 0.2) is 5.78 Å². The minimum absolute atomic E-state index is 0.0381. The Morgan fingerprint density at radius 3 is 1.96 bits per heavy atom. The average molecular weight is 370 g/mol. The maximum absolute atomic E-state index is 13.0. The third-order valence-electron chi connectivity index (χ3n) is 7.15. The van der Waals surface area contributed by atoms with E-state index in [1.54, 1.807) is 17.0 Å². The molecule has 4 aliphatic rings. The molecule has 27 heavy (non-hydrogen) atoms. The number of amides is 1. The van der Waals surface area contributed by atoms with Crippen LogP contribution in [0.15, 0.2) is 24.3 Å². The van der Waals surface area contributed by atoms with Gasteiger partial charge in [0.2, 0.25) is 0 Å². The molecule has 0 spiro atoms. The van der Waals surface area contributed by atoms with E-state index in [1.165, 1.54) is 19.3 Å². The lowest BCUT2D eigenvalue weighted by molar-refractivity contribution is -0.145. The summed E-state index contributed by atoms with van der Waals surface area (Å²) in [5, 5.41) is 0. The van der Waals surface area contributed by atoms with Crippen molar-refractivity contribution >= 4 is 11.7 Å². The second kappa shape index (κ2) is 7.29. The van der Waals surface area contributed by atoms with Crippen LogP contribution in [0.4, 0.5) is 0 Å². The Bertz CT molecular complexity index is 670. The number of rotatable bonds is 7. The lowest BCUT2D eigenvalue weighted by Gasteiger charge is -2.55. The summed E-state index contributed by atoms with van der Waals surface area (Å²) < 4.78 is 5.83. The Morgan fingerprint density at radius 2 is 1.48 bits per heavy atom. The third-order valence-corrected chi connectivity index (χ3v) is 7.15. The van der Waals surface area contributed by atoms with Gasteiger partial charge in [-0.2, -0.15) is 0 Å². The lowest BCUT2D eigenvalue weighted by Crippen LogP contribution is -2.51. The van der Waals surface area contributed by atoms with Crippen LogP contribution in [-0.4, -0.2) is 36.3 Å². The summed E-state index contributed by atoms with van der Waals surface area (Å²) >= 11 is 0. The molecule has 0 atom stereocenters. The van der Waals surface area contributed by atoms with Crippen LogP contribution in [0.3, 0.4) is 0 Å². The van der Waals surface area contributed by atoms with Crippen LogP contribution in [-0.2, 0) is 4.79 Å². The maximum atomic E-state index is 13.0. The van der Waals surface area contributed by atoms with Crippen LogP contribution >= 0.6 is 0 Å². The van der Waals surface area contributed by atoms with Gasteiger partial charge in [-0.1, -0.05) is 0 Å². The van der Waals surface area contributed by atoms with Crippen molar-refractivity contribution in [3.05, 3.63) is 29.8 Å². The van der Waals surface area contributed by atoms with Crippen LogP contribution in [0.1, 0.15) is 62.7 Å². The molecule has 1 amide bonds. The van der Waals surface area contributed by atoms with Crippen molar-refractivity contribution in [2.75, 3.05) is 19.7 Å². The number of ether oxygens (including phenoxy) is 1. The lowest BCUT2D eigenvalue weighted by atomic mass is 9.48. The molecule has 0 unspecified atom stereocenters. The number of benzene rings is 1. The number of ketones is 1. The molecule has 0 aromatic heterocycles. The molecule has 4 nitrogen and oxygen atoms in total. The highest BCUT2D eigenvalue weighted by atomic mass is 16.5. The van der Waals surface area contributed by atoms with Crippen molar-refractivity contribution in [2.45, 2.75) is 52.4 Å². The van der Waals surface area contributed by atoms with Gasteiger partial charge in [-0.05, 0) is 94.4 Å². The first-order valence-electron chi connectivity index (χ1n) is 10.6. The molecule has 4 saturated carbocycles. The van der Waals surface area contributed by atoms with Gasteiger partial charge in [-0.25, -0.2) is 0 Å². The molecule has 1 aromatic carbocycles. The van der Waals surface area contributed by atoms with Crippen LogP contribution in [0.5, 0.6) is 5.75 Å². The Labute approximate surface area is 162 Å². The minimum atomic E-state index is -0.104. The number of hydrogen-bond donors (Lipinski definition) is 0. The molecular weight excluding hydrogens is 338 g/mol. The summed E-state index contributed by atoms with van der Waals surface area (Å²) in [5.41, 5.74) is 0.561. The molecule has 4 fully saturated rings. The smallest absolute Gasteiger partial charge is 0.253 e. The highest BCUT2D eigenvalue weighted by Gasteiger charge is 2.54. The first-order chi connectivity index (χ1) is 13.0. The number of carbonyl (C=O) groups excluding carboxylic acids is 2. The van der Waals surface area contributed by atoms with Gasteiger partial charge in [-0.3, -0.25) is 9.59 Å². The van der Waals surface area contributed by atoms with Gasteiger partial charge >= 0.3 is 0 Å². The standard InChI is InChI=1S/C23H31NO3/c1-3-24(4-2)22(26)19-5-7-20(8-6-19)27-15-21(25)23-12-16-9-17(13-23)11-18(10-16)14-23/h5-8,16-18H,3-4,9-15H2,1-2H3. The zero-order chi connectivity index (χ0) is 19.0. The van der Waals surface area contributed by atoms with Crippen molar-refractivity contribution in [2.24, 2.45) is 23.2 Å². The van der Waals surface area contributed by atoms with E-state index in [-0.39, 0.29) is 17.9 Å². The van der Waals surface area contributed by atoms with Gasteiger partial charge in [0, 0.05) is 24.1 Å². The fourth-order valence-corrected chi connectivity index (χ4v) is 6.14. The first kappa shape index (κ1) is 18.5. The van der Waals surface area contributed by atoms with Crippen molar-refractivity contribution in [1.29, 1.82) is 0 Å². The van der Waals surface area contributed by atoms with Crippen LogP contribution < -0.4 is 4.74 Å². The fraction of sp³-hybridized carbons (Fsp3) is 0.652.